The molecule has 0 saturated heterocycles. The van der Waals surface area contributed by atoms with Gasteiger partial charge in [-0.2, -0.15) is 9.37 Å². The lowest BCUT2D eigenvalue weighted by molar-refractivity contribution is -0.387. The number of nitrogens with zero attached hydrogens (tertiary/aromatic N) is 3. The van der Waals surface area contributed by atoms with E-state index in [0.717, 1.165) is 12.1 Å². The van der Waals surface area contributed by atoms with E-state index in [2.05, 4.69) is 15.3 Å². The van der Waals surface area contributed by atoms with Gasteiger partial charge < -0.3 is 31.2 Å². The highest BCUT2D eigenvalue weighted by Gasteiger charge is 2.29. The van der Waals surface area contributed by atoms with Crippen molar-refractivity contribution in [2.45, 2.75) is 84.6 Å². The van der Waals surface area contributed by atoms with Gasteiger partial charge in [-0.1, -0.05) is 12.1 Å². The molecule has 1 heterocycles. The van der Waals surface area contributed by atoms with E-state index in [1.807, 2.05) is 0 Å². The van der Waals surface area contributed by atoms with Gasteiger partial charge in [0.2, 0.25) is 11.8 Å². The number of nitro benzene ring substituents is 1. The van der Waals surface area contributed by atoms with Crippen LogP contribution in [0.25, 0.3) is 0 Å². The number of ether oxygens (including phenoxy) is 2. The van der Waals surface area contributed by atoms with Crippen LogP contribution in [0.2, 0.25) is 0 Å². The van der Waals surface area contributed by atoms with E-state index in [1.54, 1.807) is 41.5 Å². The molecule has 1 aromatic heterocycles. The molecule has 270 valence electrons. The number of aromatic amines is 1. The monoisotopic (exact) mass is 701 g/mol. The first kappa shape index (κ1) is 38.8. The van der Waals surface area contributed by atoms with Gasteiger partial charge in [0.15, 0.2) is 5.82 Å². The smallest absolute Gasteiger partial charge is 0.329 e. The minimum Gasteiger partial charge on any atom is -0.460 e. The van der Waals surface area contributed by atoms with Gasteiger partial charge in [-0.3, -0.25) is 29.5 Å². The molecule has 0 aliphatic carbocycles. The number of carbonyl (C=O) groups excluding carboxylic acids is 3. The summed E-state index contributed by atoms with van der Waals surface area (Å²) in [6.07, 6.45) is -0.348. The Morgan fingerprint density at radius 3 is 2.18 bits per heavy atom. The highest BCUT2D eigenvalue weighted by Crippen LogP contribution is 2.30. The van der Waals surface area contributed by atoms with Crippen LogP contribution in [0, 0.1) is 21.7 Å². The number of nitrogen functional groups attached to an aromatic ring is 2. The van der Waals surface area contributed by atoms with Gasteiger partial charge in [-0.05, 0) is 78.1 Å². The molecular weight excluding hydrogens is 660 g/mol. The van der Waals surface area contributed by atoms with Crippen molar-refractivity contribution in [2.24, 2.45) is 0 Å². The van der Waals surface area contributed by atoms with Gasteiger partial charge in [0, 0.05) is 31.1 Å². The Hall–Kier alpha value is -5.61. The molecule has 17 heteroatoms. The van der Waals surface area contributed by atoms with Gasteiger partial charge in [0.25, 0.3) is 11.5 Å². The Kier molecular flexibility index (Phi) is 12.2. The normalized spacial score (nSPS) is 12.2. The fourth-order valence-corrected chi connectivity index (χ4v) is 4.72. The molecule has 0 spiro atoms. The maximum atomic E-state index is 15.2. The van der Waals surface area contributed by atoms with Crippen LogP contribution in [0.1, 0.15) is 75.9 Å². The molecule has 0 bridgehead atoms. The first-order valence-electron chi connectivity index (χ1n) is 15.5. The average molecular weight is 702 g/mol. The summed E-state index contributed by atoms with van der Waals surface area (Å²) in [6, 6.07) is 6.60. The summed E-state index contributed by atoms with van der Waals surface area (Å²) in [5, 5.41) is 13.8. The molecule has 15 nitrogen and oxygen atoms in total. The van der Waals surface area contributed by atoms with Crippen LogP contribution < -0.4 is 27.2 Å². The van der Waals surface area contributed by atoms with Crippen molar-refractivity contribution in [2.75, 3.05) is 22.9 Å². The maximum absolute atomic E-state index is 15.2. The summed E-state index contributed by atoms with van der Waals surface area (Å²) in [5.74, 6) is -5.46. The Balaban J connectivity index is 1.85. The number of nitro groups is 1. The molecular formula is C33H41F2N7O8. The minimum atomic E-state index is -1.66. The molecule has 0 saturated carbocycles. The highest BCUT2D eigenvalue weighted by atomic mass is 19.2. The molecule has 0 radical (unpaired) electrons. The largest absolute Gasteiger partial charge is 0.460 e. The second-order valence-corrected chi connectivity index (χ2v) is 13.4. The van der Waals surface area contributed by atoms with Crippen molar-refractivity contribution in [3.8, 4) is 0 Å². The van der Waals surface area contributed by atoms with Gasteiger partial charge in [-0.15, -0.1) is 0 Å². The van der Waals surface area contributed by atoms with Crippen molar-refractivity contribution in [3.63, 3.8) is 0 Å². The first-order chi connectivity index (χ1) is 23.1. The number of benzene rings is 2. The lowest BCUT2D eigenvalue weighted by Crippen LogP contribution is -2.44. The standard InChI is InChI=1S/C33H41F2N7O8/c1-32(2,3)49-24(43)14-11-21(30(46)50-33(4,5)6)38-28(44)19-9-7-18(8-10-19)17-41(16-15-20-27(36)39-31(37)40-29(20)45)22-12-13-23(42(47)48)26(35)25(22)34/h7-10,12-13,21H,11,14-17H2,1-6H3,(H,38,44)(H5,36,37,39,40,45)/t21-/m0/s1. The number of nitrogens with two attached hydrogens (primary N) is 2. The Bertz CT molecular complexity index is 1800. The Morgan fingerprint density at radius 1 is 1.00 bits per heavy atom. The van der Waals surface area contributed by atoms with E-state index >= 15 is 4.39 Å². The second-order valence-electron chi connectivity index (χ2n) is 13.4. The van der Waals surface area contributed by atoms with Crippen LogP contribution in [0.5, 0.6) is 0 Å². The van der Waals surface area contributed by atoms with Crippen LogP contribution in [-0.4, -0.2) is 56.5 Å². The maximum Gasteiger partial charge on any atom is 0.329 e. The van der Waals surface area contributed by atoms with Gasteiger partial charge in [-0.25, -0.2) is 9.18 Å². The van der Waals surface area contributed by atoms with E-state index < -0.39 is 62.9 Å². The quantitative estimate of drug-likeness (QED) is 0.113. The lowest BCUT2D eigenvalue weighted by Gasteiger charge is -2.26. The summed E-state index contributed by atoms with van der Waals surface area (Å²) < 4.78 is 40.6. The van der Waals surface area contributed by atoms with Gasteiger partial charge >= 0.3 is 17.6 Å². The molecule has 0 fully saturated rings. The molecule has 50 heavy (non-hydrogen) atoms. The fourth-order valence-electron chi connectivity index (χ4n) is 4.72. The number of carbonyl (C=O) groups is 3. The average Bonchev–Trinajstić information content (AvgIpc) is 2.97. The molecule has 1 atom stereocenters. The Labute approximate surface area is 286 Å². The topological polar surface area (TPSA) is 226 Å². The number of hydrogen-bond acceptors (Lipinski definition) is 12. The summed E-state index contributed by atoms with van der Waals surface area (Å²) in [6.45, 7) is 9.88. The van der Waals surface area contributed by atoms with Gasteiger partial charge in [0.05, 0.1) is 16.2 Å². The third-order valence-electron chi connectivity index (χ3n) is 6.92. The van der Waals surface area contributed by atoms with E-state index in [0.29, 0.717) is 5.56 Å². The zero-order valence-corrected chi connectivity index (χ0v) is 28.6. The zero-order valence-electron chi connectivity index (χ0n) is 28.6. The molecule has 0 unspecified atom stereocenters. The predicted molar refractivity (Wildman–Crippen MR) is 180 cm³/mol. The third kappa shape index (κ3) is 11.0. The van der Waals surface area contributed by atoms with Crippen LogP contribution in [0.3, 0.4) is 0 Å². The summed E-state index contributed by atoms with van der Waals surface area (Å²) in [4.78, 5) is 68.5. The number of halogens is 2. The van der Waals surface area contributed by atoms with Crippen molar-refractivity contribution in [1.82, 2.24) is 15.3 Å². The Morgan fingerprint density at radius 2 is 1.62 bits per heavy atom. The third-order valence-corrected chi connectivity index (χ3v) is 6.92. The predicted octanol–water partition coefficient (Wildman–Crippen LogP) is 3.93. The number of amides is 1. The molecule has 1 amide bonds. The zero-order chi connectivity index (χ0) is 37.6. The number of rotatable bonds is 13. The van der Waals surface area contributed by atoms with Crippen LogP contribution in [0.15, 0.2) is 41.2 Å². The number of H-pyrrole nitrogens is 1. The van der Waals surface area contributed by atoms with Gasteiger partial charge in [0.1, 0.15) is 23.1 Å². The summed E-state index contributed by atoms with van der Waals surface area (Å²) >= 11 is 0. The molecule has 0 aliphatic heterocycles. The molecule has 0 aliphatic rings. The fraction of sp³-hybridized carbons (Fsp3) is 0.424. The number of hydrogen-bond donors (Lipinski definition) is 4. The lowest BCUT2D eigenvalue weighted by atomic mass is 10.1. The highest BCUT2D eigenvalue weighted by molar-refractivity contribution is 5.97. The molecule has 3 aromatic rings. The summed E-state index contributed by atoms with van der Waals surface area (Å²) in [5.41, 5.74) is 8.42. The molecule has 2 aromatic carbocycles. The van der Waals surface area contributed by atoms with Crippen LogP contribution in [-0.2, 0) is 32.0 Å². The van der Waals surface area contributed by atoms with E-state index in [4.69, 9.17) is 20.9 Å². The number of nitrogens with one attached hydrogen (secondary N) is 2. The second kappa shape index (κ2) is 15.7. The van der Waals surface area contributed by atoms with E-state index in [9.17, 15) is 33.7 Å². The molecule has 6 N–H and O–H groups in total. The van der Waals surface area contributed by atoms with Crippen molar-refractivity contribution in [1.29, 1.82) is 0 Å². The van der Waals surface area contributed by atoms with E-state index in [-0.39, 0.29) is 60.9 Å². The number of esters is 2. The minimum absolute atomic E-state index is 0.0326. The van der Waals surface area contributed by atoms with Crippen LogP contribution >= 0.6 is 0 Å². The van der Waals surface area contributed by atoms with Crippen molar-refractivity contribution in [3.05, 3.63) is 85.2 Å². The van der Waals surface area contributed by atoms with Crippen molar-refractivity contribution < 1.29 is 37.6 Å². The SMILES string of the molecule is CC(C)(C)OC(=O)CC[C@H](NC(=O)c1ccc(CN(CCc2c(N)nc(N)[nH]c2=O)c2ccc([N+](=O)[O-])c(F)c2F)cc1)C(=O)OC(C)(C)C. The molecule has 3 rings (SSSR count). The van der Waals surface area contributed by atoms with E-state index in [1.165, 1.54) is 29.2 Å². The first-order valence-corrected chi connectivity index (χ1v) is 15.5. The summed E-state index contributed by atoms with van der Waals surface area (Å²) in [7, 11) is 0. The number of anilines is 3. The van der Waals surface area contributed by atoms with Crippen molar-refractivity contribution >= 4 is 41.0 Å². The number of aromatic nitrogens is 2. The van der Waals surface area contributed by atoms with Crippen LogP contribution in [0.4, 0.5) is 31.9 Å².